The lowest BCUT2D eigenvalue weighted by molar-refractivity contribution is -0.113. The van der Waals surface area contributed by atoms with Crippen molar-refractivity contribution in [1.82, 2.24) is 14.8 Å². The third-order valence-electron chi connectivity index (χ3n) is 4.14. The molecule has 0 aliphatic carbocycles. The van der Waals surface area contributed by atoms with Crippen LogP contribution in [0.5, 0.6) is 0 Å². The SMILES string of the molecule is C=CCn1c(SCC(=O)Nc2cc(C)ccc2C)nnc1-c1ccccc1F. The minimum Gasteiger partial charge on any atom is -0.325 e. The molecule has 0 aliphatic rings. The number of benzene rings is 2. The monoisotopic (exact) mass is 396 g/mol. The molecule has 1 heterocycles. The Morgan fingerprint density at radius 3 is 2.79 bits per heavy atom. The molecular weight excluding hydrogens is 375 g/mol. The fourth-order valence-corrected chi connectivity index (χ4v) is 3.47. The maximum Gasteiger partial charge on any atom is 0.234 e. The van der Waals surface area contributed by atoms with Crippen molar-refractivity contribution >= 4 is 23.4 Å². The first-order valence-electron chi connectivity index (χ1n) is 8.78. The van der Waals surface area contributed by atoms with Crippen LogP contribution in [0.4, 0.5) is 10.1 Å². The van der Waals surface area contributed by atoms with E-state index in [0.29, 0.717) is 23.1 Å². The number of aryl methyl sites for hydroxylation is 2. The Kier molecular flexibility index (Phi) is 6.26. The van der Waals surface area contributed by atoms with Gasteiger partial charge in [-0.1, -0.05) is 42.1 Å². The van der Waals surface area contributed by atoms with Crippen LogP contribution in [-0.2, 0) is 11.3 Å². The Balaban J connectivity index is 1.75. The van der Waals surface area contributed by atoms with E-state index in [0.717, 1.165) is 16.8 Å². The highest BCUT2D eigenvalue weighted by molar-refractivity contribution is 7.99. The summed E-state index contributed by atoms with van der Waals surface area (Å²) in [6.07, 6.45) is 1.69. The highest BCUT2D eigenvalue weighted by Gasteiger charge is 2.17. The smallest absolute Gasteiger partial charge is 0.234 e. The fraction of sp³-hybridized carbons (Fsp3) is 0.190. The quantitative estimate of drug-likeness (QED) is 0.468. The first-order valence-corrected chi connectivity index (χ1v) is 9.77. The van der Waals surface area contributed by atoms with Gasteiger partial charge in [-0.3, -0.25) is 9.36 Å². The zero-order chi connectivity index (χ0) is 20.1. The van der Waals surface area contributed by atoms with E-state index in [1.807, 2.05) is 32.0 Å². The normalized spacial score (nSPS) is 10.7. The van der Waals surface area contributed by atoms with E-state index in [1.54, 1.807) is 28.8 Å². The molecule has 1 amide bonds. The summed E-state index contributed by atoms with van der Waals surface area (Å²) in [6.45, 7) is 8.08. The molecular formula is C21H21FN4OS. The summed E-state index contributed by atoms with van der Waals surface area (Å²) < 4.78 is 15.9. The number of hydrogen-bond donors (Lipinski definition) is 1. The van der Waals surface area contributed by atoms with Crippen LogP contribution in [-0.4, -0.2) is 26.4 Å². The lowest BCUT2D eigenvalue weighted by Crippen LogP contribution is -2.15. The number of nitrogens with one attached hydrogen (secondary N) is 1. The molecule has 3 aromatic rings. The van der Waals surface area contributed by atoms with Gasteiger partial charge in [-0.15, -0.1) is 16.8 Å². The number of amides is 1. The molecule has 0 bridgehead atoms. The van der Waals surface area contributed by atoms with Gasteiger partial charge in [-0.05, 0) is 43.2 Å². The number of nitrogens with zero attached hydrogens (tertiary/aromatic N) is 3. The average Bonchev–Trinajstić information content (AvgIpc) is 3.06. The number of carbonyl (C=O) groups is 1. The molecule has 0 radical (unpaired) electrons. The van der Waals surface area contributed by atoms with E-state index in [2.05, 4.69) is 22.1 Å². The molecule has 5 nitrogen and oxygen atoms in total. The lowest BCUT2D eigenvalue weighted by atomic mass is 10.1. The first-order chi connectivity index (χ1) is 13.5. The van der Waals surface area contributed by atoms with Crippen LogP contribution in [0.25, 0.3) is 11.4 Å². The van der Waals surface area contributed by atoms with Crippen molar-refractivity contribution in [2.24, 2.45) is 0 Å². The Bertz CT molecular complexity index is 1020. The molecule has 0 atom stereocenters. The summed E-state index contributed by atoms with van der Waals surface area (Å²) in [5.74, 6) is 0.0686. The minimum atomic E-state index is -0.371. The third-order valence-corrected chi connectivity index (χ3v) is 5.11. The van der Waals surface area contributed by atoms with Crippen molar-refractivity contribution < 1.29 is 9.18 Å². The van der Waals surface area contributed by atoms with Crippen molar-refractivity contribution in [2.75, 3.05) is 11.1 Å². The number of thioether (sulfide) groups is 1. The van der Waals surface area contributed by atoms with Crippen molar-refractivity contribution in [2.45, 2.75) is 25.5 Å². The molecule has 7 heteroatoms. The van der Waals surface area contributed by atoms with Gasteiger partial charge in [0.1, 0.15) is 5.82 Å². The molecule has 0 aliphatic heterocycles. The van der Waals surface area contributed by atoms with Crippen molar-refractivity contribution in [1.29, 1.82) is 0 Å². The molecule has 0 spiro atoms. The molecule has 0 saturated heterocycles. The number of allylic oxidation sites excluding steroid dienone is 1. The Morgan fingerprint density at radius 2 is 2.04 bits per heavy atom. The van der Waals surface area contributed by atoms with Gasteiger partial charge in [0.05, 0.1) is 11.3 Å². The number of aromatic nitrogens is 3. The van der Waals surface area contributed by atoms with Crippen LogP contribution >= 0.6 is 11.8 Å². The van der Waals surface area contributed by atoms with Gasteiger partial charge in [-0.2, -0.15) is 0 Å². The Hall–Kier alpha value is -2.93. The zero-order valence-electron chi connectivity index (χ0n) is 15.8. The molecule has 1 N–H and O–H groups in total. The van der Waals surface area contributed by atoms with E-state index in [4.69, 9.17) is 0 Å². The van der Waals surface area contributed by atoms with Crippen LogP contribution in [0.3, 0.4) is 0 Å². The molecule has 144 valence electrons. The van der Waals surface area contributed by atoms with Gasteiger partial charge >= 0.3 is 0 Å². The third kappa shape index (κ3) is 4.48. The van der Waals surface area contributed by atoms with Gasteiger partial charge in [0.25, 0.3) is 0 Å². The predicted molar refractivity (Wildman–Crippen MR) is 111 cm³/mol. The predicted octanol–water partition coefficient (Wildman–Crippen LogP) is 4.62. The lowest BCUT2D eigenvalue weighted by Gasteiger charge is -2.10. The van der Waals surface area contributed by atoms with Crippen LogP contribution < -0.4 is 5.32 Å². The second-order valence-corrected chi connectivity index (χ2v) is 7.28. The zero-order valence-corrected chi connectivity index (χ0v) is 16.6. The van der Waals surface area contributed by atoms with Gasteiger partial charge < -0.3 is 5.32 Å². The minimum absolute atomic E-state index is 0.140. The summed E-state index contributed by atoms with van der Waals surface area (Å²) in [7, 11) is 0. The topological polar surface area (TPSA) is 59.8 Å². The van der Waals surface area contributed by atoms with Crippen molar-refractivity contribution in [3.8, 4) is 11.4 Å². The van der Waals surface area contributed by atoms with Crippen LogP contribution in [0.2, 0.25) is 0 Å². The summed E-state index contributed by atoms with van der Waals surface area (Å²) in [5.41, 5.74) is 3.24. The van der Waals surface area contributed by atoms with Crippen LogP contribution in [0, 0.1) is 19.7 Å². The number of carbonyl (C=O) groups excluding carboxylic acids is 1. The standard InChI is InChI=1S/C21H21FN4OS/c1-4-11-26-20(16-7-5-6-8-17(16)22)24-25-21(26)28-13-19(27)23-18-12-14(2)9-10-15(18)3/h4-10,12H,1,11,13H2,2-3H3,(H,23,27). The number of hydrogen-bond acceptors (Lipinski definition) is 4. The molecule has 0 saturated carbocycles. The molecule has 1 aromatic heterocycles. The summed E-state index contributed by atoms with van der Waals surface area (Å²) in [4.78, 5) is 12.4. The van der Waals surface area contributed by atoms with E-state index >= 15 is 0 Å². The van der Waals surface area contributed by atoms with E-state index in [1.165, 1.54) is 17.8 Å². The molecule has 3 rings (SSSR count). The number of anilines is 1. The van der Waals surface area contributed by atoms with Crippen LogP contribution in [0.1, 0.15) is 11.1 Å². The van der Waals surface area contributed by atoms with Gasteiger partial charge in [0.2, 0.25) is 5.91 Å². The maximum absolute atomic E-state index is 14.2. The molecule has 2 aromatic carbocycles. The summed E-state index contributed by atoms with van der Waals surface area (Å²) in [5, 5.41) is 11.7. The summed E-state index contributed by atoms with van der Waals surface area (Å²) >= 11 is 1.25. The van der Waals surface area contributed by atoms with Crippen molar-refractivity contribution in [3.05, 3.63) is 72.1 Å². The Labute approximate surface area is 167 Å². The molecule has 28 heavy (non-hydrogen) atoms. The Morgan fingerprint density at radius 1 is 1.25 bits per heavy atom. The fourth-order valence-electron chi connectivity index (χ4n) is 2.72. The summed E-state index contributed by atoms with van der Waals surface area (Å²) in [6, 6.07) is 12.3. The molecule has 0 fully saturated rings. The van der Waals surface area contributed by atoms with E-state index in [-0.39, 0.29) is 17.5 Å². The average molecular weight is 396 g/mol. The van der Waals surface area contributed by atoms with Crippen LogP contribution in [0.15, 0.2) is 60.3 Å². The molecule has 0 unspecified atom stereocenters. The van der Waals surface area contributed by atoms with Gasteiger partial charge in [0.15, 0.2) is 11.0 Å². The largest absolute Gasteiger partial charge is 0.325 e. The first kappa shape index (κ1) is 19.8. The van der Waals surface area contributed by atoms with E-state index < -0.39 is 0 Å². The van der Waals surface area contributed by atoms with Gasteiger partial charge in [0, 0.05) is 12.2 Å². The number of rotatable bonds is 7. The maximum atomic E-state index is 14.2. The second-order valence-electron chi connectivity index (χ2n) is 6.34. The highest BCUT2D eigenvalue weighted by Crippen LogP contribution is 2.26. The van der Waals surface area contributed by atoms with Crippen molar-refractivity contribution in [3.63, 3.8) is 0 Å². The number of halogens is 1. The van der Waals surface area contributed by atoms with E-state index in [9.17, 15) is 9.18 Å². The van der Waals surface area contributed by atoms with Gasteiger partial charge in [-0.25, -0.2) is 4.39 Å². The highest BCUT2D eigenvalue weighted by atomic mass is 32.2. The second kappa shape index (κ2) is 8.84.